The maximum absolute atomic E-state index is 14.2. The Bertz CT molecular complexity index is 1020. The maximum Gasteiger partial charge on any atom is 0.408 e. The molecule has 0 saturated heterocycles. The van der Waals surface area contributed by atoms with Crippen molar-refractivity contribution in [3.05, 3.63) is 34.9 Å². The van der Waals surface area contributed by atoms with Gasteiger partial charge in [0.2, 0.25) is 17.7 Å². The molecule has 1 aromatic rings. The second kappa shape index (κ2) is 13.3. The van der Waals surface area contributed by atoms with E-state index in [2.05, 4.69) is 15.4 Å². The summed E-state index contributed by atoms with van der Waals surface area (Å²) in [4.78, 5) is 65.2. The topological polar surface area (TPSA) is 157 Å². The van der Waals surface area contributed by atoms with Gasteiger partial charge in [-0.05, 0) is 78.5 Å². The van der Waals surface area contributed by atoms with Gasteiger partial charge in [-0.15, -0.1) is 0 Å². The number of ether oxygens (including phenoxy) is 2. The van der Waals surface area contributed by atoms with Gasteiger partial charge in [-0.3, -0.25) is 19.2 Å². The standard InChI is InChI=1S/C27H42N4O7/c1-16-11-10-12-17(2)21(16)22(23(34)29-15-20(33)37-9)31(26(3,4)5)24(35)18(13-14-19(28)32)30-25(36)38-27(6,7)8/h10-12,18,22H,13-15H2,1-9H3,(H2,28,32)(H,29,34)(H,30,36). The van der Waals surface area contributed by atoms with Gasteiger partial charge >= 0.3 is 12.1 Å². The first kappa shape index (κ1) is 32.4. The number of nitrogens with one attached hydrogen (secondary N) is 2. The summed E-state index contributed by atoms with van der Waals surface area (Å²) in [5.41, 5.74) is 5.63. The van der Waals surface area contributed by atoms with Crippen molar-refractivity contribution in [2.45, 2.75) is 91.5 Å². The third-order valence-electron chi connectivity index (χ3n) is 5.59. The van der Waals surface area contributed by atoms with Crippen LogP contribution in [0.4, 0.5) is 4.79 Å². The van der Waals surface area contributed by atoms with Gasteiger partial charge in [0.15, 0.2) is 0 Å². The molecule has 0 radical (unpaired) electrons. The minimum absolute atomic E-state index is 0.108. The van der Waals surface area contributed by atoms with E-state index in [1.54, 1.807) is 41.5 Å². The lowest BCUT2D eigenvalue weighted by atomic mass is 9.90. The molecule has 11 nitrogen and oxygen atoms in total. The van der Waals surface area contributed by atoms with Crippen molar-refractivity contribution in [2.75, 3.05) is 13.7 Å². The molecule has 0 bridgehead atoms. The van der Waals surface area contributed by atoms with Crippen LogP contribution in [0.1, 0.15) is 77.1 Å². The molecule has 0 aliphatic rings. The Balaban J connectivity index is 3.67. The molecule has 0 aromatic heterocycles. The number of hydrogen-bond donors (Lipinski definition) is 3. The van der Waals surface area contributed by atoms with E-state index in [1.807, 2.05) is 32.0 Å². The van der Waals surface area contributed by atoms with Gasteiger partial charge in [-0.2, -0.15) is 0 Å². The van der Waals surface area contributed by atoms with E-state index < -0.39 is 59.6 Å². The Morgan fingerprint density at radius 3 is 2.00 bits per heavy atom. The van der Waals surface area contributed by atoms with Crippen LogP contribution in [0.25, 0.3) is 0 Å². The number of benzene rings is 1. The average molecular weight is 535 g/mol. The van der Waals surface area contributed by atoms with Gasteiger partial charge in [0, 0.05) is 12.0 Å². The molecule has 1 rings (SSSR count). The van der Waals surface area contributed by atoms with Crippen LogP contribution in [0.5, 0.6) is 0 Å². The first-order chi connectivity index (χ1) is 17.4. The molecule has 0 heterocycles. The summed E-state index contributed by atoms with van der Waals surface area (Å²) in [7, 11) is 1.20. The molecule has 1 aromatic carbocycles. The van der Waals surface area contributed by atoms with E-state index in [0.29, 0.717) is 5.56 Å². The van der Waals surface area contributed by atoms with E-state index in [4.69, 9.17) is 10.5 Å². The Hall–Kier alpha value is -3.63. The summed E-state index contributed by atoms with van der Waals surface area (Å²) in [6.45, 7) is 13.5. The summed E-state index contributed by atoms with van der Waals surface area (Å²) in [6, 6.07) is 3.07. The van der Waals surface area contributed by atoms with Crippen molar-refractivity contribution in [3.63, 3.8) is 0 Å². The Morgan fingerprint density at radius 1 is 1.00 bits per heavy atom. The number of nitrogens with two attached hydrogens (primary N) is 1. The maximum atomic E-state index is 14.2. The highest BCUT2D eigenvalue weighted by Gasteiger charge is 2.43. The number of hydrogen-bond acceptors (Lipinski definition) is 7. The predicted molar refractivity (Wildman–Crippen MR) is 142 cm³/mol. The van der Waals surface area contributed by atoms with E-state index >= 15 is 0 Å². The minimum atomic E-state index is -1.23. The molecule has 2 atom stereocenters. The van der Waals surface area contributed by atoms with Crippen LogP contribution < -0.4 is 16.4 Å². The number of primary amides is 1. The van der Waals surface area contributed by atoms with Crippen LogP contribution >= 0.6 is 0 Å². The fourth-order valence-corrected chi connectivity index (χ4v) is 3.97. The molecule has 212 valence electrons. The SMILES string of the molecule is COC(=O)CNC(=O)C(c1c(C)cccc1C)N(C(=O)C(CCC(N)=O)NC(=O)OC(C)(C)C)C(C)(C)C. The number of rotatable bonds is 10. The average Bonchev–Trinajstić information content (AvgIpc) is 2.76. The first-order valence-corrected chi connectivity index (χ1v) is 12.4. The smallest absolute Gasteiger partial charge is 0.408 e. The lowest BCUT2D eigenvalue weighted by molar-refractivity contribution is -0.149. The molecule has 0 fully saturated rings. The molecule has 11 heteroatoms. The highest BCUT2D eigenvalue weighted by Crippen LogP contribution is 2.34. The second-order valence-corrected chi connectivity index (χ2v) is 11.1. The predicted octanol–water partition coefficient (Wildman–Crippen LogP) is 2.42. The van der Waals surface area contributed by atoms with E-state index in [1.165, 1.54) is 12.0 Å². The molecule has 4 N–H and O–H groups in total. The Labute approximate surface area is 224 Å². The molecule has 0 aliphatic carbocycles. The Morgan fingerprint density at radius 2 is 1.55 bits per heavy atom. The lowest BCUT2D eigenvalue weighted by Crippen LogP contribution is -2.59. The van der Waals surface area contributed by atoms with Gasteiger partial charge in [0.25, 0.3) is 0 Å². The van der Waals surface area contributed by atoms with E-state index in [-0.39, 0.29) is 12.8 Å². The summed E-state index contributed by atoms with van der Waals surface area (Å²) in [6.07, 6.45) is -1.15. The van der Waals surface area contributed by atoms with Gasteiger partial charge in [-0.25, -0.2) is 4.79 Å². The molecule has 0 saturated carbocycles. The zero-order valence-electron chi connectivity index (χ0n) is 23.9. The third kappa shape index (κ3) is 9.68. The van der Waals surface area contributed by atoms with Gasteiger partial charge in [0.05, 0.1) is 7.11 Å². The summed E-state index contributed by atoms with van der Waals surface area (Å²) in [5.74, 6) is -2.54. The summed E-state index contributed by atoms with van der Waals surface area (Å²) in [5, 5.41) is 5.11. The van der Waals surface area contributed by atoms with Gasteiger partial charge in [0.1, 0.15) is 24.2 Å². The first-order valence-electron chi connectivity index (χ1n) is 12.4. The number of carbonyl (C=O) groups is 5. The molecule has 4 amide bonds. The minimum Gasteiger partial charge on any atom is -0.468 e. The van der Waals surface area contributed by atoms with Crippen molar-refractivity contribution < 1.29 is 33.4 Å². The number of amides is 4. The largest absolute Gasteiger partial charge is 0.468 e. The monoisotopic (exact) mass is 534 g/mol. The number of alkyl carbamates (subject to hydrolysis) is 1. The van der Waals surface area contributed by atoms with Crippen molar-refractivity contribution in [1.82, 2.24) is 15.5 Å². The number of nitrogens with zero attached hydrogens (tertiary/aromatic N) is 1. The molecular weight excluding hydrogens is 492 g/mol. The van der Waals surface area contributed by atoms with Crippen molar-refractivity contribution in [1.29, 1.82) is 0 Å². The lowest BCUT2D eigenvalue weighted by Gasteiger charge is -2.43. The zero-order chi connectivity index (χ0) is 29.4. The third-order valence-corrected chi connectivity index (χ3v) is 5.59. The van der Waals surface area contributed by atoms with Crippen LogP contribution in [-0.4, -0.2) is 65.5 Å². The summed E-state index contributed by atoms with van der Waals surface area (Å²) < 4.78 is 9.98. The number of methoxy groups -OCH3 is 1. The van der Waals surface area contributed by atoms with Crippen LogP contribution in [0.2, 0.25) is 0 Å². The molecular formula is C27H42N4O7. The second-order valence-electron chi connectivity index (χ2n) is 11.1. The Kier molecular flexibility index (Phi) is 11.3. The highest BCUT2D eigenvalue weighted by molar-refractivity contribution is 5.94. The van der Waals surface area contributed by atoms with Gasteiger partial charge < -0.3 is 30.7 Å². The molecule has 38 heavy (non-hydrogen) atoms. The van der Waals surface area contributed by atoms with Crippen molar-refractivity contribution in [3.8, 4) is 0 Å². The summed E-state index contributed by atoms with van der Waals surface area (Å²) >= 11 is 0. The molecule has 2 unspecified atom stereocenters. The van der Waals surface area contributed by atoms with Crippen LogP contribution in [-0.2, 0) is 28.7 Å². The normalized spacial score (nSPS) is 13.1. The molecule has 0 spiro atoms. The number of esters is 1. The van der Waals surface area contributed by atoms with Crippen molar-refractivity contribution in [2.24, 2.45) is 5.73 Å². The zero-order valence-corrected chi connectivity index (χ0v) is 23.9. The van der Waals surface area contributed by atoms with Crippen LogP contribution in [0, 0.1) is 13.8 Å². The van der Waals surface area contributed by atoms with Gasteiger partial charge in [-0.1, -0.05) is 18.2 Å². The van der Waals surface area contributed by atoms with E-state index in [0.717, 1.165) is 11.1 Å². The van der Waals surface area contributed by atoms with Crippen molar-refractivity contribution >= 4 is 29.8 Å². The van der Waals surface area contributed by atoms with Crippen LogP contribution in [0.3, 0.4) is 0 Å². The fourth-order valence-electron chi connectivity index (χ4n) is 3.97. The fraction of sp³-hybridized carbons (Fsp3) is 0.593. The number of carbonyl (C=O) groups excluding carboxylic acids is 5. The highest BCUT2D eigenvalue weighted by atomic mass is 16.6. The molecule has 0 aliphatic heterocycles. The van der Waals surface area contributed by atoms with E-state index in [9.17, 15) is 24.0 Å². The number of aryl methyl sites for hydroxylation is 2. The quantitative estimate of drug-likeness (QED) is 0.389. The van der Waals surface area contributed by atoms with Crippen LogP contribution in [0.15, 0.2) is 18.2 Å².